The number of carbonyl (C=O) groups excluding carboxylic acids is 1. The Bertz CT molecular complexity index is 1140. The van der Waals surface area contributed by atoms with Gasteiger partial charge >= 0.3 is 0 Å². The molecule has 4 rings (SSSR count). The number of amides is 1. The van der Waals surface area contributed by atoms with E-state index in [0.717, 1.165) is 29.8 Å². The molecule has 2 N–H and O–H groups in total. The van der Waals surface area contributed by atoms with Crippen molar-refractivity contribution in [1.29, 1.82) is 0 Å². The monoisotopic (exact) mass is 420 g/mol. The molecule has 0 fully saturated rings. The molecule has 3 heterocycles. The van der Waals surface area contributed by atoms with E-state index in [2.05, 4.69) is 32.6 Å². The Balaban J connectivity index is 1.34. The van der Waals surface area contributed by atoms with Crippen LogP contribution in [-0.4, -0.2) is 37.4 Å². The van der Waals surface area contributed by atoms with Crippen LogP contribution in [0.5, 0.6) is 5.75 Å². The van der Waals surface area contributed by atoms with Crippen molar-refractivity contribution >= 4 is 5.91 Å². The molecule has 0 bridgehead atoms. The summed E-state index contributed by atoms with van der Waals surface area (Å²) in [6, 6.07) is 13.1. The van der Waals surface area contributed by atoms with E-state index >= 15 is 0 Å². The highest BCUT2D eigenvalue weighted by Crippen LogP contribution is 2.21. The number of rotatable bonds is 9. The number of H-pyrrole nitrogens is 1. The largest absolute Gasteiger partial charge is 0.494 e. The van der Waals surface area contributed by atoms with E-state index in [1.54, 1.807) is 6.07 Å². The van der Waals surface area contributed by atoms with E-state index < -0.39 is 0 Å². The molecule has 0 unspecified atom stereocenters. The van der Waals surface area contributed by atoms with Gasteiger partial charge < -0.3 is 19.1 Å². The van der Waals surface area contributed by atoms with Crippen LogP contribution < -0.4 is 10.1 Å². The summed E-state index contributed by atoms with van der Waals surface area (Å²) >= 11 is 0. The second-order valence-corrected chi connectivity index (χ2v) is 7.09. The van der Waals surface area contributed by atoms with Crippen LogP contribution in [0.4, 0.5) is 0 Å². The lowest BCUT2D eigenvalue weighted by Gasteiger charge is -2.05. The summed E-state index contributed by atoms with van der Waals surface area (Å²) in [5.41, 5.74) is 2.75. The van der Waals surface area contributed by atoms with E-state index in [4.69, 9.17) is 9.26 Å². The zero-order valence-electron chi connectivity index (χ0n) is 17.5. The van der Waals surface area contributed by atoms with Crippen LogP contribution in [0.2, 0.25) is 0 Å². The quantitative estimate of drug-likeness (QED) is 0.401. The highest BCUT2D eigenvalue weighted by Gasteiger charge is 2.14. The Morgan fingerprint density at radius 3 is 2.84 bits per heavy atom. The highest BCUT2D eigenvalue weighted by molar-refractivity contribution is 5.93. The Kier molecular flexibility index (Phi) is 6.11. The molecule has 0 aliphatic rings. The fourth-order valence-corrected chi connectivity index (χ4v) is 3.02. The first kappa shape index (κ1) is 20.4. The molecule has 0 atom stereocenters. The molecule has 0 aliphatic carbocycles. The van der Waals surface area contributed by atoms with Crippen molar-refractivity contribution in [2.24, 2.45) is 7.05 Å². The second-order valence-electron chi connectivity index (χ2n) is 7.09. The van der Waals surface area contributed by atoms with E-state index in [-0.39, 0.29) is 12.5 Å². The van der Waals surface area contributed by atoms with Crippen molar-refractivity contribution in [3.05, 3.63) is 60.2 Å². The van der Waals surface area contributed by atoms with Crippen LogP contribution in [0.15, 0.2) is 53.2 Å². The predicted molar refractivity (Wildman–Crippen MR) is 114 cm³/mol. The average Bonchev–Trinajstić information content (AvgIpc) is 3.53. The number of ether oxygens (including phenoxy) is 1. The number of nitrogens with zero attached hydrogens (tertiary/aromatic N) is 4. The average molecular weight is 420 g/mol. The van der Waals surface area contributed by atoms with Crippen molar-refractivity contribution < 1.29 is 14.1 Å². The van der Waals surface area contributed by atoms with Gasteiger partial charge in [-0.1, -0.05) is 18.5 Å². The van der Waals surface area contributed by atoms with Crippen molar-refractivity contribution in [2.75, 3.05) is 6.61 Å². The maximum absolute atomic E-state index is 12.5. The number of benzene rings is 1. The van der Waals surface area contributed by atoms with E-state index in [9.17, 15) is 4.79 Å². The van der Waals surface area contributed by atoms with Crippen LogP contribution >= 0.6 is 0 Å². The summed E-state index contributed by atoms with van der Waals surface area (Å²) in [7, 11) is 1.90. The van der Waals surface area contributed by atoms with Crippen molar-refractivity contribution in [2.45, 2.75) is 26.3 Å². The summed E-state index contributed by atoms with van der Waals surface area (Å²) in [5, 5.41) is 13.7. The van der Waals surface area contributed by atoms with E-state index in [1.165, 1.54) is 0 Å². The fourth-order valence-electron chi connectivity index (χ4n) is 3.02. The zero-order valence-corrected chi connectivity index (χ0v) is 17.5. The molecule has 4 aromatic rings. The number of aromatic nitrogens is 5. The number of carbonyl (C=O) groups is 1. The summed E-state index contributed by atoms with van der Waals surface area (Å²) < 4.78 is 12.8. The predicted octanol–water partition coefficient (Wildman–Crippen LogP) is 3.57. The highest BCUT2D eigenvalue weighted by atomic mass is 16.5. The number of hydrogen-bond acceptors (Lipinski definition) is 6. The third-order valence-corrected chi connectivity index (χ3v) is 4.78. The topological polar surface area (TPSA) is 111 Å². The Hall–Kier alpha value is -3.88. The number of hydrogen-bond donors (Lipinski definition) is 2. The molecule has 0 spiro atoms. The van der Waals surface area contributed by atoms with Gasteiger partial charge in [0.25, 0.3) is 5.91 Å². The third-order valence-electron chi connectivity index (χ3n) is 4.78. The molecule has 3 aromatic heterocycles. The third kappa shape index (κ3) is 4.82. The van der Waals surface area contributed by atoms with Gasteiger partial charge in [-0.15, -0.1) is 0 Å². The van der Waals surface area contributed by atoms with E-state index in [0.29, 0.717) is 29.7 Å². The Labute approximate surface area is 179 Å². The molecule has 0 radical (unpaired) electrons. The molecule has 1 amide bonds. The lowest BCUT2D eigenvalue weighted by molar-refractivity contribution is 0.0941. The standard InChI is InChI=1S/C22H24N6O3/c1-3-4-12-30-16-9-7-15(8-10-16)17-13-18(26-25-17)22(29)23-14-20-24-21(27-31-20)19-6-5-11-28(19)2/h5-11,13H,3-4,12,14H2,1-2H3,(H,23,29)(H,25,26). The lowest BCUT2D eigenvalue weighted by Crippen LogP contribution is -2.23. The first-order chi connectivity index (χ1) is 15.1. The van der Waals surface area contributed by atoms with Gasteiger partial charge in [0.05, 0.1) is 24.5 Å². The zero-order chi connectivity index (χ0) is 21.6. The summed E-state index contributed by atoms with van der Waals surface area (Å²) in [6.07, 6.45) is 4.02. The Morgan fingerprint density at radius 2 is 2.10 bits per heavy atom. The minimum absolute atomic E-state index is 0.119. The first-order valence-electron chi connectivity index (χ1n) is 10.1. The smallest absolute Gasteiger partial charge is 0.269 e. The molecule has 31 heavy (non-hydrogen) atoms. The Morgan fingerprint density at radius 1 is 1.26 bits per heavy atom. The van der Waals surface area contributed by atoms with Gasteiger partial charge in [-0.3, -0.25) is 9.89 Å². The minimum Gasteiger partial charge on any atom is -0.494 e. The molecule has 0 saturated carbocycles. The fraction of sp³-hybridized carbons (Fsp3) is 0.273. The van der Waals surface area contributed by atoms with Crippen molar-refractivity contribution in [3.8, 4) is 28.5 Å². The SMILES string of the molecule is CCCCOc1ccc(-c2cc(C(=O)NCc3nc(-c4cccn4C)no3)[nH]n2)cc1. The van der Waals surface area contributed by atoms with Crippen LogP contribution in [0, 0.1) is 0 Å². The number of unbranched alkanes of at least 4 members (excludes halogenated alkanes) is 1. The normalized spacial score (nSPS) is 10.9. The molecular formula is C22H24N6O3. The molecular weight excluding hydrogens is 396 g/mol. The van der Waals surface area contributed by atoms with Crippen LogP contribution in [-0.2, 0) is 13.6 Å². The molecule has 9 nitrogen and oxygen atoms in total. The van der Waals surface area contributed by atoms with E-state index in [1.807, 2.05) is 54.2 Å². The van der Waals surface area contributed by atoms with Gasteiger partial charge in [0, 0.05) is 18.8 Å². The number of aromatic amines is 1. The lowest BCUT2D eigenvalue weighted by atomic mass is 10.1. The molecule has 160 valence electrons. The van der Waals surface area contributed by atoms with Crippen molar-refractivity contribution in [1.82, 2.24) is 30.2 Å². The summed E-state index contributed by atoms with van der Waals surface area (Å²) in [6.45, 7) is 2.95. The van der Waals surface area contributed by atoms with Crippen LogP contribution in [0.1, 0.15) is 36.1 Å². The maximum atomic E-state index is 12.5. The van der Waals surface area contributed by atoms with Crippen LogP contribution in [0.3, 0.4) is 0 Å². The number of aryl methyl sites for hydroxylation is 1. The maximum Gasteiger partial charge on any atom is 0.269 e. The minimum atomic E-state index is -0.308. The van der Waals surface area contributed by atoms with Gasteiger partial charge in [0.2, 0.25) is 11.7 Å². The van der Waals surface area contributed by atoms with Gasteiger partial charge in [-0.2, -0.15) is 10.1 Å². The van der Waals surface area contributed by atoms with Crippen molar-refractivity contribution in [3.63, 3.8) is 0 Å². The number of nitrogens with one attached hydrogen (secondary N) is 2. The second kappa shape index (κ2) is 9.29. The molecule has 0 aliphatic heterocycles. The molecule has 1 aromatic carbocycles. The van der Waals surface area contributed by atoms with Gasteiger partial charge in [0.1, 0.15) is 11.4 Å². The van der Waals surface area contributed by atoms with Gasteiger partial charge in [-0.25, -0.2) is 0 Å². The summed E-state index contributed by atoms with van der Waals surface area (Å²) in [4.78, 5) is 16.8. The van der Waals surface area contributed by atoms with Crippen LogP contribution in [0.25, 0.3) is 22.8 Å². The molecule has 9 heteroatoms. The van der Waals surface area contributed by atoms with Gasteiger partial charge in [-0.05, 0) is 48.9 Å². The first-order valence-corrected chi connectivity index (χ1v) is 10.1. The summed E-state index contributed by atoms with van der Waals surface area (Å²) in [5.74, 6) is 1.31. The van der Waals surface area contributed by atoms with Gasteiger partial charge in [0.15, 0.2) is 0 Å². The molecule has 0 saturated heterocycles.